The maximum absolute atomic E-state index is 7.07. The summed E-state index contributed by atoms with van der Waals surface area (Å²) < 4.78 is 0. The van der Waals surface area contributed by atoms with Gasteiger partial charge in [-0.15, -0.1) is 23.2 Å². The molecule has 0 aromatic carbocycles. The molecule has 1 aliphatic carbocycles. The van der Waals surface area contributed by atoms with Crippen LogP contribution in [-0.2, 0) is 0 Å². The van der Waals surface area contributed by atoms with E-state index in [1.165, 1.54) is 0 Å². The number of hydrogen-bond acceptors (Lipinski definition) is 2. The second-order valence-electron chi connectivity index (χ2n) is 8.92. The zero-order valence-electron chi connectivity index (χ0n) is 15.7. The van der Waals surface area contributed by atoms with Crippen LogP contribution in [0.3, 0.4) is 0 Å². The summed E-state index contributed by atoms with van der Waals surface area (Å²) in [5.74, 6) is 0. The summed E-state index contributed by atoms with van der Waals surface area (Å²) in [5, 5.41) is 6.96. The van der Waals surface area contributed by atoms with Gasteiger partial charge in [0, 0.05) is 6.04 Å². The van der Waals surface area contributed by atoms with Crippen LogP contribution in [0.15, 0.2) is 0 Å². The van der Waals surface area contributed by atoms with Crippen LogP contribution in [-0.4, -0.2) is 29.5 Å². The SMILES string of the molecule is CCNC1CC(C(C)(C)C)(C(C)(C)C)CC(Cl)(NCC)C1Cl. The van der Waals surface area contributed by atoms with Crippen molar-refractivity contribution in [3.05, 3.63) is 0 Å². The Balaban J connectivity index is 3.39. The summed E-state index contributed by atoms with van der Waals surface area (Å²) in [5.41, 5.74) is 0.388. The van der Waals surface area contributed by atoms with E-state index in [-0.39, 0.29) is 27.7 Å². The standard InChI is InChI=1S/C18H36Cl2N2/c1-9-21-13-11-17(15(3,4)5,16(6,7)8)12-18(20,14(13)19)22-10-2/h13-14,21-22H,9-12H2,1-8H3. The van der Waals surface area contributed by atoms with E-state index in [2.05, 4.69) is 66.0 Å². The van der Waals surface area contributed by atoms with Crippen molar-refractivity contribution in [2.24, 2.45) is 16.2 Å². The minimum atomic E-state index is -0.568. The molecular weight excluding hydrogens is 315 g/mol. The van der Waals surface area contributed by atoms with Crippen LogP contribution in [0.4, 0.5) is 0 Å². The molecule has 0 aliphatic heterocycles. The second kappa shape index (κ2) is 6.78. The summed E-state index contributed by atoms with van der Waals surface area (Å²) in [6.45, 7) is 20.1. The van der Waals surface area contributed by atoms with E-state index >= 15 is 0 Å². The summed E-state index contributed by atoms with van der Waals surface area (Å²) in [7, 11) is 0. The van der Waals surface area contributed by atoms with Crippen molar-refractivity contribution in [2.75, 3.05) is 13.1 Å². The summed E-state index contributed by atoms with van der Waals surface area (Å²) in [6.07, 6.45) is 1.94. The van der Waals surface area contributed by atoms with Gasteiger partial charge in [0.25, 0.3) is 0 Å². The van der Waals surface area contributed by atoms with Crippen molar-refractivity contribution in [1.82, 2.24) is 10.6 Å². The molecule has 0 bridgehead atoms. The molecule has 1 rings (SSSR count). The molecule has 132 valence electrons. The number of hydrogen-bond donors (Lipinski definition) is 2. The van der Waals surface area contributed by atoms with Crippen LogP contribution in [0.2, 0.25) is 0 Å². The highest BCUT2D eigenvalue weighted by Crippen LogP contribution is 2.62. The Morgan fingerprint density at radius 1 is 1.00 bits per heavy atom. The fourth-order valence-corrected chi connectivity index (χ4v) is 5.41. The average molecular weight is 351 g/mol. The largest absolute Gasteiger partial charge is 0.313 e. The van der Waals surface area contributed by atoms with Gasteiger partial charge in [-0.3, -0.25) is 5.32 Å². The second-order valence-corrected chi connectivity index (χ2v) is 10.1. The fourth-order valence-electron chi connectivity index (χ4n) is 4.57. The highest BCUT2D eigenvalue weighted by Gasteiger charge is 2.60. The molecule has 22 heavy (non-hydrogen) atoms. The molecule has 0 saturated heterocycles. The third-order valence-corrected chi connectivity index (χ3v) is 7.02. The maximum Gasteiger partial charge on any atom is 0.112 e. The Labute approximate surface area is 148 Å². The lowest BCUT2D eigenvalue weighted by atomic mass is 9.47. The van der Waals surface area contributed by atoms with Crippen molar-refractivity contribution in [3.63, 3.8) is 0 Å². The first-order chi connectivity index (χ1) is 9.84. The van der Waals surface area contributed by atoms with Crippen LogP contribution in [0.1, 0.15) is 68.2 Å². The molecule has 0 aromatic heterocycles. The maximum atomic E-state index is 7.07. The van der Waals surface area contributed by atoms with E-state index in [0.29, 0.717) is 0 Å². The monoisotopic (exact) mass is 350 g/mol. The normalized spacial score (nSPS) is 33.0. The molecule has 0 heterocycles. The van der Waals surface area contributed by atoms with Crippen molar-refractivity contribution >= 4 is 23.2 Å². The fraction of sp³-hybridized carbons (Fsp3) is 1.00. The number of halogens is 2. The molecule has 0 amide bonds. The molecule has 2 N–H and O–H groups in total. The first-order valence-corrected chi connectivity index (χ1v) is 9.47. The Bertz CT molecular complexity index is 356. The van der Waals surface area contributed by atoms with E-state index < -0.39 is 5.00 Å². The van der Waals surface area contributed by atoms with E-state index in [9.17, 15) is 0 Å². The average Bonchev–Trinajstić information content (AvgIpc) is 2.32. The lowest BCUT2D eigenvalue weighted by molar-refractivity contribution is -0.0868. The van der Waals surface area contributed by atoms with Gasteiger partial charge in [-0.1, -0.05) is 55.4 Å². The molecule has 3 atom stereocenters. The number of rotatable bonds is 4. The molecule has 0 spiro atoms. The van der Waals surface area contributed by atoms with Gasteiger partial charge in [-0.2, -0.15) is 0 Å². The molecular formula is C18H36Cl2N2. The Morgan fingerprint density at radius 2 is 1.50 bits per heavy atom. The Morgan fingerprint density at radius 3 is 1.86 bits per heavy atom. The molecule has 0 radical (unpaired) electrons. The van der Waals surface area contributed by atoms with Gasteiger partial charge in [-0.05, 0) is 42.2 Å². The first-order valence-electron chi connectivity index (χ1n) is 8.66. The van der Waals surface area contributed by atoms with E-state index in [1.54, 1.807) is 0 Å². The number of alkyl halides is 2. The summed E-state index contributed by atoms with van der Waals surface area (Å²) in [4.78, 5) is -0.568. The highest BCUT2D eigenvalue weighted by molar-refractivity contribution is 6.32. The summed E-state index contributed by atoms with van der Waals surface area (Å²) >= 11 is 13.9. The zero-order valence-corrected chi connectivity index (χ0v) is 17.3. The van der Waals surface area contributed by atoms with Gasteiger partial charge in [0.1, 0.15) is 5.00 Å². The van der Waals surface area contributed by atoms with E-state index in [4.69, 9.17) is 23.2 Å². The van der Waals surface area contributed by atoms with Gasteiger partial charge < -0.3 is 5.32 Å². The minimum absolute atomic E-state index is 0.0994. The van der Waals surface area contributed by atoms with E-state index in [0.717, 1.165) is 25.9 Å². The van der Waals surface area contributed by atoms with Crippen LogP contribution < -0.4 is 10.6 Å². The third-order valence-electron chi connectivity index (χ3n) is 5.73. The van der Waals surface area contributed by atoms with Gasteiger partial charge in [0.05, 0.1) is 5.38 Å². The predicted molar refractivity (Wildman–Crippen MR) is 99.9 cm³/mol. The lowest BCUT2D eigenvalue weighted by Gasteiger charge is -2.62. The van der Waals surface area contributed by atoms with Crippen LogP contribution in [0, 0.1) is 16.2 Å². The molecule has 1 fully saturated rings. The third kappa shape index (κ3) is 3.61. The Hall–Kier alpha value is 0.500. The first kappa shape index (κ1) is 20.5. The van der Waals surface area contributed by atoms with Gasteiger partial charge >= 0.3 is 0 Å². The van der Waals surface area contributed by atoms with Crippen LogP contribution >= 0.6 is 23.2 Å². The molecule has 1 aliphatic rings. The topological polar surface area (TPSA) is 24.1 Å². The quantitative estimate of drug-likeness (QED) is 0.551. The molecule has 0 aromatic rings. The highest BCUT2D eigenvalue weighted by atomic mass is 35.5. The Kier molecular flexibility index (Phi) is 6.33. The molecule has 4 heteroatoms. The molecule has 3 unspecified atom stereocenters. The minimum Gasteiger partial charge on any atom is -0.313 e. The summed E-state index contributed by atoms with van der Waals surface area (Å²) in [6, 6.07) is 0.218. The number of nitrogens with one attached hydrogen (secondary N) is 2. The van der Waals surface area contributed by atoms with Crippen LogP contribution in [0.5, 0.6) is 0 Å². The van der Waals surface area contributed by atoms with E-state index in [1.807, 2.05) is 0 Å². The van der Waals surface area contributed by atoms with Crippen LogP contribution in [0.25, 0.3) is 0 Å². The van der Waals surface area contributed by atoms with Gasteiger partial charge in [0.2, 0.25) is 0 Å². The zero-order chi connectivity index (χ0) is 17.4. The molecule has 2 nitrogen and oxygen atoms in total. The lowest BCUT2D eigenvalue weighted by Crippen LogP contribution is -2.67. The predicted octanol–water partition coefficient (Wildman–Crippen LogP) is 4.99. The van der Waals surface area contributed by atoms with Gasteiger partial charge in [0.15, 0.2) is 0 Å². The van der Waals surface area contributed by atoms with Crippen molar-refractivity contribution < 1.29 is 0 Å². The smallest absolute Gasteiger partial charge is 0.112 e. The van der Waals surface area contributed by atoms with Crippen molar-refractivity contribution in [1.29, 1.82) is 0 Å². The van der Waals surface area contributed by atoms with Crippen molar-refractivity contribution in [3.8, 4) is 0 Å². The van der Waals surface area contributed by atoms with Crippen molar-refractivity contribution in [2.45, 2.75) is 84.6 Å². The molecule has 1 saturated carbocycles. The van der Waals surface area contributed by atoms with Gasteiger partial charge in [-0.25, -0.2) is 0 Å².